The van der Waals surface area contributed by atoms with E-state index in [1.54, 1.807) is 14.2 Å². The molecule has 152 valence electrons. The van der Waals surface area contributed by atoms with E-state index in [0.29, 0.717) is 6.54 Å². The Kier molecular flexibility index (Phi) is 9.42. The van der Waals surface area contributed by atoms with Crippen molar-refractivity contribution in [2.24, 2.45) is 10.9 Å². The minimum atomic E-state index is 0.702. The van der Waals surface area contributed by atoms with Crippen LogP contribution in [0.2, 0.25) is 0 Å². The van der Waals surface area contributed by atoms with Gasteiger partial charge in [-0.2, -0.15) is 0 Å². The van der Waals surface area contributed by atoms with Crippen LogP contribution in [0.15, 0.2) is 23.2 Å². The quantitative estimate of drug-likeness (QED) is 0.333. The predicted octanol–water partition coefficient (Wildman–Crippen LogP) is 2.42. The molecule has 0 unspecified atom stereocenters. The highest BCUT2D eigenvalue weighted by Crippen LogP contribution is 2.30. The van der Waals surface area contributed by atoms with E-state index in [-0.39, 0.29) is 0 Å². The Hall–Kier alpha value is -1.79. The number of rotatable bonds is 12. The summed E-state index contributed by atoms with van der Waals surface area (Å²) >= 11 is 0. The second kappa shape index (κ2) is 11.8. The molecule has 1 aliphatic carbocycles. The van der Waals surface area contributed by atoms with Crippen molar-refractivity contribution >= 4 is 5.96 Å². The molecule has 6 heteroatoms. The number of aryl methyl sites for hydroxylation is 1. The highest BCUT2D eigenvalue weighted by molar-refractivity contribution is 5.79. The van der Waals surface area contributed by atoms with E-state index in [2.05, 4.69) is 52.7 Å². The molecule has 27 heavy (non-hydrogen) atoms. The Labute approximate surface area is 164 Å². The first-order valence-corrected chi connectivity index (χ1v) is 9.96. The summed E-state index contributed by atoms with van der Waals surface area (Å²) in [5.74, 6) is 2.57. The van der Waals surface area contributed by atoms with Gasteiger partial charge in [0.1, 0.15) is 5.75 Å². The van der Waals surface area contributed by atoms with Crippen molar-refractivity contribution in [3.05, 3.63) is 29.3 Å². The third-order valence-corrected chi connectivity index (χ3v) is 4.75. The fourth-order valence-corrected chi connectivity index (χ4v) is 2.75. The smallest absolute Gasteiger partial charge is 0.191 e. The molecule has 0 aromatic heterocycles. The van der Waals surface area contributed by atoms with Crippen molar-refractivity contribution in [1.82, 2.24) is 15.5 Å². The molecule has 0 heterocycles. The first-order chi connectivity index (χ1) is 13.1. The lowest BCUT2D eigenvalue weighted by atomic mass is 10.1. The highest BCUT2D eigenvalue weighted by Gasteiger charge is 2.22. The molecule has 0 aliphatic heterocycles. The van der Waals surface area contributed by atoms with Crippen LogP contribution in [0.5, 0.6) is 5.75 Å². The minimum Gasteiger partial charge on any atom is -0.493 e. The number of hydrogen-bond donors (Lipinski definition) is 2. The van der Waals surface area contributed by atoms with Crippen LogP contribution < -0.4 is 15.4 Å². The largest absolute Gasteiger partial charge is 0.493 e. The zero-order chi connectivity index (χ0) is 19.5. The molecule has 1 aliphatic rings. The van der Waals surface area contributed by atoms with Crippen LogP contribution in [0.3, 0.4) is 0 Å². The summed E-state index contributed by atoms with van der Waals surface area (Å²) in [4.78, 5) is 6.60. The number of nitrogens with one attached hydrogen (secondary N) is 2. The van der Waals surface area contributed by atoms with E-state index in [9.17, 15) is 0 Å². The van der Waals surface area contributed by atoms with Gasteiger partial charge in [-0.25, -0.2) is 0 Å². The van der Waals surface area contributed by atoms with Crippen molar-refractivity contribution in [2.75, 3.05) is 54.1 Å². The third-order valence-electron chi connectivity index (χ3n) is 4.75. The summed E-state index contributed by atoms with van der Waals surface area (Å²) < 4.78 is 11.2. The van der Waals surface area contributed by atoms with Gasteiger partial charge in [0.05, 0.1) is 13.2 Å². The lowest BCUT2D eigenvalue weighted by Crippen LogP contribution is -2.38. The monoisotopic (exact) mass is 376 g/mol. The van der Waals surface area contributed by atoms with Gasteiger partial charge in [-0.3, -0.25) is 4.99 Å². The van der Waals surface area contributed by atoms with Gasteiger partial charge in [0.15, 0.2) is 5.96 Å². The topological polar surface area (TPSA) is 58.1 Å². The van der Waals surface area contributed by atoms with Gasteiger partial charge in [0.2, 0.25) is 0 Å². The van der Waals surface area contributed by atoms with Crippen molar-refractivity contribution in [2.45, 2.75) is 32.7 Å². The standard InChI is InChI=1S/C21H36N4O2/c1-17-6-9-19(20(14-17)27-16-18-7-8-18)15-24-21(22-2)23-10-5-11-25(3)12-13-26-4/h6,9,14,18H,5,7-8,10-13,15-16H2,1-4H3,(H2,22,23,24). The van der Waals surface area contributed by atoms with E-state index < -0.39 is 0 Å². The van der Waals surface area contributed by atoms with Crippen LogP contribution in [-0.2, 0) is 11.3 Å². The molecule has 0 radical (unpaired) electrons. The summed E-state index contributed by atoms with van der Waals surface area (Å²) in [6.07, 6.45) is 3.66. The number of guanidine groups is 1. The maximum atomic E-state index is 6.05. The maximum absolute atomic E-state index is 6.05. The Morgan fingerprint density at radius 2 is 2.07 bits per heavy atom. The number of ether oxygens (including phenoxy) is 2. The number of likely N-dealkylation sites (N-methyl/N-ethyl adjacent to an activating group) is 1. The van der Waals surface area contributed by atoms with Gasteiger partial charge in [0.25, 0.3) is 0 Å². The van der Waals surface area contributed by atoms with Gasteiger partial charge < -0.3 is 25.0 Å². The molecule has 1 fully saturated rings. The van der Waals surface area contributed by atoms with E-state index in [1.165, 1.54) is 24.0 Å². The first kappa shape index (κ1) is 21.5. The van der Waals surface area contributed by atoms with Crippen LogP contribution in [-0.4, -0.2) is 64.9 Å². The van der Waals surface area contributed by atoms with Gasteiger partial charge >= 0.3 is 0 Å². The van der Waals surface area contributed by atoms with E-state index in [4.69, 9.17) is 9.47 Å². The summed E-state index contributed by atoms with van der Waals surface area (Å²) in [5, 5.41) is 6.78. The molecule has 1 saturated carbocycles. The van der Waals surface area contributed by atoms with Crippen molar-refractivity contribution < 1.29 is 9.47 Å². The van der Waals surface area contributed by atoms with E-state index in [1.807, 2.05) is 0 Å². The Bertz CT molecular complexity index is 588. The van der Waals surface area contributed by atoms with Gasteiger partial charge in [-0.1, -0.05) is 12.1 Å². The molecule has 1 aromatic rings. The van der Waals surface area contributed by atoms with E-state index >= 15 is 0 Å². The van der Waals surface area contributed by atoms with Gasteiger partial charge in [-0.15, -0.1) is 0 Å². The van der Waals surface area contributed by atoms with Crippen LogP contribution in [0.25, 0.3) is 0 Å². The summed E-state index contributed by atoms with van der Waals surface area (Å²) in [5.41, 5.74) is 2.40. The van der Waals surface area contributed by atoms with Crippen molar-refractivity contribution in [3.8, 4) is 5.75 Å². The minimum absolute atomic E-state index is 0.702. The number of nitrogens with zero attached hydrogens (tertiary/aromatic N) is 2. The zero-order valence-corrected chi connectivity index (χ0v) is 17.4. The fraction of sp³-hybridized carbons (Fsp3) is 0.667. The molecule has 0 amide bonds. The van der Waals surface area contributed by atoms with Gasteiger partial charge in [0, 0.05) is 39.4 Å². The molecule has 0 saturated heterocycles. The van der Waals surface area contributed by atoms with Crippen LogP contribution >= 0.6 is 0 Å². The zero-order valence-electron chi connectivity index (χ0n) is 17.4. The summed E-state index contributed by atoms with van der Waals surface area (Å²) in [6.45, 7) is 7.29. The van der Waals surface area contributed by atoms with Crippen molar-refractivity contribution in [1.29, 1.82) is 0 Å². The second-order valence-electron chi connectivity index (χ2n) is 7.37. The molecule has 0 spiro atoms. The molecular formula is C21H36N4O2. The molecule has 0 atom stereocenters. The van der Waals surface area contributed by atoms with Crippen LogP contribution in [0.4, 0.5) is 0 Å². The Morgan fingerprint density at radius 3 is 2.78 bits per heavy atom. The number of hydrogen-bond acceptors (Lipinski definition) is 4. The maximum Gasteiger partial charge on any atom is 0.191 e. The number of methoxy groups -OCH3 is 1. The normalized spacial score (nSPS) is 14.5. The van der Waals surface area contributed by atoms with Crippen molar-refractivity contribution in [3.63, 3.8) is 0 Å². The predicted molar refractivity (Wildman–Crippen MR) is 112 cm³/mol. The highest BCUT2D eigenvalue weighted by atomic mass is 16.5. The second-order valence-corrected chi connectivity index (χ2v) is 7.37. The molecule has 2 rings (SSSR count). The average Bonchev–Trinajstić information content (AvgIpc) is 3.49. The Balaban J connectivity index is 1.73. The first-order valence-electron chi connectivity index (χ1n) is 9.96. The number of benzene rings is 1. The molecular weight excluding hydrogens is 340 g/mol. The van der Waals surface area contributed by atoms with E-state index in [0.717, 1.165) is 56.9 Å². The van der Waals surface area contributed by atoms with Crippen LogP contribution in [0.1, 0.15) is 30.4 Å². The number of aliphatic imine (C=N–C) groups is 1. The molecule has 0 bridgehead atoms. The SMILES string of the molecule is CN=C(NCCCN(C)CCOC)NCc1ccc(C)cc1OCC1CC1. The van der Waals surface area contributed by atoms with Crippen LogP contribution in [0, 0.1) is 12.8 Å². The summed E-state index contributed by atoms with van der Waals surface area (Å²) in [7, 11) is 5.66. The third kappa shape index (κ3) is 8.63. The molecule has 2 N–H and O–H groups in total. The Morgan fingerprint density at radius 1 is 1.26 bits per heavy atom. The fourth-order valence-electron chi connectivity index (χ4n) is 2.75. The molecule has 1 aromatic carbocycles. The average molecular weight is 377 g/mol. The van der Waals surface area contributed by atoms with Gasteiger partial charge in [-0.05, 0) is 57.3 Å². The molecule has 6 nitrogen and oxygen atoms in total. The summed E-state index contributed by atoms with van der Waals surface area (Å²) in [6, 6.07) is 6.40. The lowest BCUT2D eigenvalue weighted by Gasteiger charge is -2.17. The lowest BCUT2D eigenvalue weighted by molar-refractivity contribution is 0.161.